The summed E-state index contributed by atoms with van der Waals surface area (Å²) in [5, 5.41) is 3.25. The number of aromatic nitrogens is 1. The van der Waals surface area contributed by atoms with Crippen LogP contribution in [0.4, 0.5) is 0 Å². The molecule has 1 amide bonds. The van der Waals surface area contributed by atoms with E-state index in [-0.39, 0.29) is 34.9 Å². The lowest BCUT2D eigenvalue weighted by molar-refractivity contribution is -0.116. The van der Waals surface area contributed by atoms with Crippen LogP contribution in [0.5, 0.6) is 5.75 Å². The smallest absolute Gasteiger partial charge is 0.434 e. The molecule has 0 unspecified atom stereocenters. The molecule has 0 saturated carbocycles. The summed E-state index contributed by atoms with van der Waals surface area (Å²) < 4.78 is 23.1. The van der Waals surface area contributed by atoms with E-state index in [4.69, 9.17) is 21.1 Å². The molecule has 9 nitrogen and oxygen atoms in total. The number of halogens is 1. The molecule has 0 aliphatic rings. The fourth-order valence-corrected chi connectivity index (χ4v) is 4.42. The maximum absolute atomic E-state index is 12.6. The Balaban J connectivity index is 2.02. The second-order valence-corrected chi connectivity index (χ2v) is 8.70. The third-order valence-electron chi connectivity index (χ3n) is 4.72. The largest absolute Gasteiger partial charge is 0.496 e. The lowest BCUT2D eigenvalue weighted by Gasteiger charge is -2.11. The summed E-state index contributed by atoms with van der Waals surface area (Å²) in [5.41, 5.74) is 0.543. The normalized spacial score (nSPS) is 11.7. The summed E-state index contributed by atoms with van der Waals surface area (Å²) in [4.78, 5) is 45.0. The third-order valence-corrected chi connectivity index (χ3v) is 5.89. The Hall–Kier alpha value is -3.10. The molecule has 0 radical (unpaired) electrons. The van der Waals surface area contributed by atoms with Crippen molar-refractivity contribution in [3.63, 3.8) is 0 Å². The van der Waals surface area contributed by atoms with Crippen LogP contribution in [0.3, 0.4) is 0 Å². The summed E-state index contributed by atoms with van der Waals surface area (Å²) in [6, 6.07) is 11.6. The quantitative estimate of drug-likeness (QED) is 0.248. The highest BCUT2D eigenvalue weighted by Crippen LogP contribution is 2.45. The molecule has 0 bridgehead atoms. The lowest BCUT2D eigenvalue weighted by Crippen LogP contribution is -2.20. The molecule has 2 aromatic carbocycles. The zero-order valence-electron chi connectivity index (χ0n) is 17.8. The number of benzene rings is 2. The molecular weight excluding hydrogens is 471 g/mol. The summed E-state index contributed by atoms with van der Waals surface area (Å²) in [5.74, 6) is -0.808. The summed E-state index contributed by atoms with van der Waals surface area (Å²) in [6.45, 7) is 1.75. The number of esters is 1. The number of nitrogens with one attached hydrogen (secondary N) is 1. The Labute approximate surface area is 194 Å². The van der Waals surface area contributed by atoms with Crippen molar-refractivity contribution in [3.05, 3.63) is 70.4 Å². The Morgan fingerprint density at radius 1 is 1.21 bits per heavy atom. The van der Waals surface area contributed by atoms with E-state index < -0.39 is 19.6 Å². The Kier molecular flexibility index (Phi) is 7.61. The van der Waals surface area contributed by atoms with Crippen LogP contribution in [0.25, 0.3) is 17.0 Å². The van der Waals surface area contributed by atoms with Gasteiger partial charge in [0.25, 0.3) is 0 Å². The van der Waals surface area contributed by atoms with Crippen LogP contribution in [0.1, 0.15) is 28.5 Å². The molecule has 0 atom stereocenters. The SMILES string of the molecule is CCOC(=O)c1c(/C=C/C(=O)NCc2ccccc2OC)c2ccc(Cl)cc2n1P(=O)(O)O. The van der Waals surface area contributed by atoms with Gasteiger partial charge in [0.1, 0.15) is 11.4 Å². The predicted molar refractivity (Wildman–Crippen MR) is 124 cm³/mol. The maximum atomic E-state index is 12.6. The van der Waals surface area contributed by atoms with Gasteiger partial charge in [0.05, 0.1) is 19.2 Å². The minimum absolute atomic E-state index is 0.00910. The van der Waals surface area contributed by atoms with Crippen LogP contribution in [0.2, 0.25) is 5.02 Å². The molecule has 0 spiro atoms. The van der Waals surface area contributed by atoms with Crippen molar-refractivity contribution in [3.8, 4) is 5.75 Å². The average molecular weight is 493 g/mol. The average Bonchev–Trinajstić information content (AvgIpc) is 3.10. The number of carbonyl (C=O) groups is 2. The van der Waals surface area contributed by atoms with Crippen LogP contribution in [0, 0.1) is 0 Å². The molecule has 1 aromatic heterocycles. The zero-order valence-corrected chi connectivity index (χ0v) is 19.5. The van der Waals surface area contributed by atoms with E-state index in [0.717, 1.165) is 5.56 Å². The molecule has 174 valence electrons. The highest BCUT2D eigenvalue weighted by atomic mass is 35.5. The van der Waals surface area contributed by atoms with Gasteiger partial charge >= 0.3 is 13.7 Å². The van der Waals surface area contributed by atoms with Gasteiger partial charge in [0.15, 0.2) is 0 Å². The van der Waals surface area contributed by atoms with Crippen molar-refractivity contribution in [1.82, 2.24) is 9.65 Å². The standard InChI is InChI=1S/C22H22ClN2O7P/c1-3-32-22(27)21-17(16-9-8-15(23)12-18(16)25(21)33(28,29)30)10-11-20(26)24-13-14-6-4-5-7-19(14)31-2/h4-12H,3,13H2,1-2H3,(H,24,26)(H2,28,29,30)/b11-10+. The van der Waals surface area contributed by atoms with Crippen molar-refractivity contribution < 1.29 is 33.4 Å². The van der Waals surface area contributed by atoms with Gasteiger partial charge in [0, 0.05) is 34.2 Å². The molecule has 0 aliphatic heterocycles. The first-order chi connectivity index (χ1) is 15.7. The number of para-hydroxylation sites is 1. The molecule has 1 heterocycles. The molecule has 0 aliphatic carbocycles. The van der Waals surface area contributed by atoms with Crippen LogP contribution in [-0.4, -0.2) is 39.7 Å². The second kappa shape index (κ2) is 10.2. The monoisotopic (exact) mass is 492 g/mol. The zero-order chi connectivity index (χ0) is 24.2. The molecular formula is C22H22ClN2O7P. The number of hydrogen-bond acceptors (Lipinski definition) is 5. The molecule has 0 fully saturated rings. The first kappa shape index (κ1) is 24.5. The maximum Gasteiger partial charge on any atom is 0.434 e. The number of nitrogens with zero attached hydrogens (tertiary/aromatic N) is 1. The molecule has 3 aromatic rings. The van der Waals surface area contributed by atoms with E-state index in [1.807, 2.05) is 12.1 Å². The number of carbonyl (C=O) groups excluding carboxylic acids is 2. The fraction of sp³-hybridized carbons (Fsp3) is 0.182. The molecule has 0 saturated heterocycles. The summed E-state index contributed by atoms with van der Waals surface area (Å²) in [6.07, 6.45) is 2.48. The van der Waals surface area contributed by atoms with Crippen molar-refractivity contribution >= 4 is 48.2 Å². The molecule has 3 N–H and O–H groups in total. The topological polar surface area (TPSA) is 127 Å². The van der Waals surface area contributed by atoms with Gasteiger partial charge in [-0.1, -0.05) is 35.9 Å². The number of amides is 1. The minimum Gasteiger partial charge on any atom is -0.496 e. The van der Waals surface area contributed by atoms with Crippen molar-refractivity contribution in [2.45, 2.75) is 13.5 Å². The van der Waals surface area contributed by atoms with E-state index in [1.54, 1.807) is 19.1 Å². The summed E-state index contributed by atoms with van der Waals surface area (Å²) >= 11 is 6.02. The van der Waals surface area contributed by atoms with Gasteiger partial charge in [-0.2, -0.15) is 0 Å². The Bertz CT molecular complexity index is 1280. The Morgan fingerprint density at radius 3 is 2.61 bits per heavy atom. The first-order valence-electron chi connectivity index (χ1n) is 9.82. The van der Waals surface area contributed by atoms with E-state index in [1.165, 1.54) is 37.5 Å². The van der Waals surface area contributed by atoms with Crippen LogP contribution in [0.15, 0.2) is 48.5 Å². The summed E-state index contributed by atoms with van der Waals surface area (Å²) in [7, 11) is -3.45. The van der Waals surface area contributed by atoms with E-state index in [2.05, 4.69) is 5.32 Å². The number of rotatable bonds is 8. The van der Waals surface area contributed by atoms with Crippen LogP contribution < -0.4 is 10.1 Å². The van der Waals surface area contributed by atoms with Crippen LogP contribution >= 0.6 is 19.3 Å². The second-order valence-electron chi connectivity index (χ2n) is 6.83. The van der Waals surface area contributed by atoms with Crippen molar-refractivity contribution in [2.75, 3.05) is 13.7 Å². The van der Waals surface area contributed by atoms with Crippen molar-refractivity contribution in [1.29, 1.82) is 0 Å². The number of ether oxygens (including phenoxy) is 2. The van der Waals surface area contributed by atoms with Gasteiger partial charge in [-0.15, -0.1) is 0 Å². The number of methoxy groups -OCH3 is 1. The third kappa shape index (κ3) is 5.46. The van der Waals surface area contributed by atoms with Gasteiger partial charge in [-0.05, 0) is 31.2 Å². The highest BCUT2D eigenvalue weighted by molar-refractivity contribution is 7.50. The van der Waals surface area contributed by atoms with Crippen molar-refractivity contribution in [2.24, 2.45) is 0 Å². The van der Waals surface area contributed by atoms with E-state index >= 15 is 0 Å². The molecule has 11 heteroatoms. The number of hydrogen-bond donors (Lipinski definition) is 3. The van der Waals surface area contributed by atoms with Gasteiger partial charge < -0.3 is 24.6 Å². The van der Waals surface area contributed by atoms with Gasteiger partial charge in [-0.3, -0.25) is 4.79 Å². The minimum atomic E-state index is -4.98. The van der Waals surface area contributed by atoms with E-state index in [9.17, 15) is 23.9 Å². The lowest BCUT2D eigenvalue weighted by atomic mass is 10.1. The highest BCUT2D eigenvalue weighted by Gasteiger charge is 2.31. The fourth-order valence-electron chi connectivity index (χ4n) is 3.35. The van der Waals surface area contributed by atoms with Crippen LogP contribution in [-0.2, 0) is 20.6 Å². The van der Waals surface area contributed by atoms with Gasteiger partial charge in [-0.25, -0.2) is 13.7 Å². The van der Waals surface area contributed by atoms with E-state index in [0.29, 0.717) is 15.5 Å². The van der Waals surface area contributed by atoms with Gasteiger partial charge in [0.2, 0.25) is 5.91 Å². The predicted octanol–water partition coefficient (Wildman–Crippen LogP) is 3.75. The first-order valence-corrected chi connectivity index (χ1v) is 11.8. The molecule has 3 rings (SSSR count). The molecule has 33 heavy (non-hydrogen) atoms. The number of fused-ring (bicyclic) bond motifs is 1. The Morgan fingerprint density at radius 2 is 1.94 bits per heavy atom.